The quantitative estimate of drug-likeness (QED) is 0.838. The van der Waals surface area contributed by atoms with Gasteiger partial charge in [-0.3, -0.25) is 4.79 Å². The zero-order valence-electron chi connectivity index (χ0n) is 6.55. The predicted octanol–water partition coefficient (Wildman–Crippen LogP) is 1.93. The van der Waals surface area contributed by atoms with E-state index in [4.69, 9.17) is 5.11 Å². The van der Waals surface area contributed by atoms with Crippen molar-refractivity contribution >= 4 is 34.2 Å². The van der Waals surface area contributed by atoms with Crippen molar-refractivity contribution < 1.29 is 14.3 Å². The Kier molecular flexibility index (Phi) is 3.47. The molecule has 0 radical (unpaired) electrons. The second kappa shape index (κ2) is 4.40. The molecule has 0 unspecified atom stereocenters. The van der Waals surface area contributed by atoms with Gasteiger partial charge in [0.2, 0.25) is 0 Å². The van der Waals surface area contributed by atoms with Crippen molar-refractivity contribution in [2.24, 2.45) is 0 Å². The summed E-state index contributed by atoms with van der Waals surface area (Å²) in [5.41, 5.74) is 0.211. The molecule has 0 atom stereocenters. The van der Waals surface area contributed by atoms with Crippen LogP contribution in [0.15, 0.2) is 18.2 Å². The molecule has 0 bridgehead atoms. The van der Waals surface area contributed by atoms with Crippen LogP contribution in [0.4, 0.5) is 10.1 Å². The minimum atomic E-state index is -1.02. The van der Waals surface area contributed by atoms with Crippen LogP contribution in [0.3, 0.4) is 0 Å². The lowest BCUT2D eigenvalue weighted by Crippen LogP contribution is -2.13. The number of carboxylic acid groups (broad SMARTS) is 1. The summed E-state index contributed by atoms with van der Waals surface area (Å²) in [6.45, 7) is -0.280. The minimum Gasteiger partial charge on any atom is -0.480 e. The van der Waals surface area contributed by atoms with E-state index in [1.807, 2.05) is 22.6 Å². The molecule has 0 aliphatic rings. The lowest BCUT2D eigenvalue weighted by Gasteiger charge is -2.04. The van der Waals surface area contributed by atoms with E-state index >= 15 is 0 Å². The fraction of sp³-hybridized carbons (Fsp3) is 0.125. The average Bonchev–Trinajstić information content (AvgIpc) is 2.02. The highest BCUT2D eigenvalue weighted by molar-refractivity contribution is 14.1. The molecule has 3 nitrogen and oxygen atoms in total. The van der Waals surface area contributed by atoms with Gasteiger partial charge < -0.3 is 10.4 Å². The van der Waals surface area contributed by atoms with Crippen LogP contribution in [-0.2, 0) is 4.79 Å². The van der Waals surface area contributed by atoms with Crippen molar-refractivity contribution in [2.45, 2.75) is 0 Å². The molecule has 0 aromatic heterocycles. The Balaban J connectivity index is 2.72. The number of aliphatic carboxylic acids is 1. The Bertz CT molecular complexity index is 330. The van der Waals surface area contributed by atoms with Crippen molar-refractivity contribution in [1.29, 1.82) is 0 Å². The Morgan fingerprint density at radius 3 is 2.85 bits per heavy atom. The molecule has 13 heavy (non-hydrogen) atoms. The molecule has 0 aliphatic heterocycles. The first kappa shape index (κ1) is 10.2. The molecule has 70 valence electrons. The highest BCUT2D eigenvalue weighted by Gasteiger charge is 2.03. The highest BCUT2D eigenvalue weighted by Crippen LogP contribution is 2.16. The van der Waals surface area contributed by atoms with E-state index in [0.717, 1.165) is 3.57 Å². The van der Waals surface area contributed by atoms with Gasteiger partial charge in [-0.05, 0) is 40.8 Å². The van der Waals surface area contributed by atoms with Crippen LogP contribution in [0.5, 0.6) is 0 Å². The van der Waals surface area contributed by atoms with Crippen molar-refractivity contribution in [3.63, 3.8) is 0 Å². The summed E-state index contributed by atoms with van der Waals surface area (Å²) in [5, 5.41) is 10.8. The predicted molar refractivity (Wildman–Crippen MR) is 55.2 cm³/mol. The number of carboxylic acids is 1. The van der Waals surface area contributed by atoms with E-state index in [-0.39, 0.29) is 12.2 Å². The maximum Gasteiger partial charge on any atom is 0.322 e. The van der Waals surface area contributed by atoms with Gasteiger partial charge in [0, 0.05) is 3.57 Å². The molecule has 1 rings (SSSR count). The van der Waals surface area contributed by atoms with Gasteiger partial charge in [0.1, 0.15) is 12.4 Å². The number of halogens is 2. The summed E-state index contributed by atoms with van der Waals surface area (Å²) in [5.74, 6) is -1.45. The van der Waals surface area contributed by atoms with Gasteiger partial charge in [-0.25, -0.2) is 4.39 Å². The van der Waals surface area contributed by atoms with Gasteiger partial charge in [0.25, 0.3) is 0 Å². The monoisotopic (exact) mass is 295 g/mol. The Hall–Kier alpha value is -0.850. The van der Waals surface area contributed by atoms with E-state index < -0.39 is 11.8 Å². The SMILES string of the molecule is O=C(O)CNc1ccc(I)cc1F. The summed E-state index contributed by atoms with van der Waals surface area (Å²) < 4.78 is 13.8. The molecule has 5 heteroatoms. The zero-order valence-corrected chi connectivity index (χ0v) is 8.71. The van der Waals surface area contributed by atoms with Crippen LogP contribution in [0, 0.1) is 9.39 Å². The lowest BCUT2D eigenvalue weighted by atomic mass is 10.3. The van der Waals surface area contributed by atoms with Crippen LogP contribution in [0.2, 0.25) is 0 Å². The topological polar surface area (TPSA) is 49.3 Å². The van der Waals surface area contributed by atoms with Crippen LogP contribution in [-0.4, -0.2) is 17.6 Å². The summed E-state index contributed by atoms with van der Waals surface area (Å²) >= 11 is 1.98. The molecule has 0 heterocycles. The van der Waals surface area contributed by atoms with E-state index in [9.17, 15) is 9.18 Å². The molecular weight excluding hydrogens is 288 g/mol. The van der Waals surface area contributed by atoms with Gasteiger partial charge in [-0.1, -0.05) is 0 Å². The lowest BCUT2D eigenvalue weighted by molar-refractivity contribution is -0.134. The first-order valence-corrected chi connectivity index (χ1v) is 4.58. The highest BCUT2D eigenvalue weighted by atomic mass is 127. The molecule has 1 aromatic rings. The van der Waals surface area contributed by atoms with Crippen LogP contribution in [0.25, 0.3) is 0 Å². The van der Waals surface area contributed by atoms with E-state index in [0.29, 0.717) is 0 Å². The minimum absolute atomic E-state index is 0.211. The van der Waals surface area contributed by atoms with Gasteiger partial charge in [0.15, 0.2) is 0 Å². The van der Waals surface area contributed by atoms with Crippen molar-refractivity contribution in [3.8, 4) is 0 Å². The third-order valence-corrected chi connectivity index (χ3v) is 2.03. The largest absolute Gasteiger partial charge is 0.480 e. The molecule has 0 spiro atoms. The van der Waals surface area contributed by atoms with Crippen molar-refractivity contribution in [3.05, 3.63) is 27.6 Å². The Morgan fingerprint density at radius 2 is 2.31 bits per heavy atom. The molecule has 0 fully saturated rings. The standard InChI is InChI=1S/C8H7FINO2/c9-6-3-5(10)1-2-7(6)11-4-8(12)13/h1-3,11H,4H2,(H,12,13). The number of benzene rings is 1. The number of carbonyl (C=O) groups is 1. The molecule has 0 aliphatic carbocycles. The first-order chi connectivity index (χ1) is 6.09. The maximum atomic E-state index is 13.0. The average molecular weight is 295 g/mol. The van der Waals surface area contributed by atoms with E-state index in [2.05, 4.69) is 5.32 Å². The number of hydrogen-bond acceptors (Lipinski definition) is 2. The van der Waals surface area contributed by atoms with Crippen molar-refractivity contribution in [2.75, 3.05) is 11.9 Å². The van der Waals surface area contributed by atoms with Crippen molar-refractivity contribution in [1.82, 2.24) is 0 Å². The summed E-state index contributed by atoms with van der Waals surface area (Å²) in [6, 6.07) is 4.55. The normalized spacial score (nSPS) is 9.69. The number of rotatable bonds is 3. The molecule has 1 aromatic carbocycles. The van der Waals surface area contributed by atoms with E-state index in [1.54, 1.807) is 6.07 Å². The fourth-order valence-electron chi connectivity index (χ4n) is 0.804. The number of nitrogens with one attached hydrogen (secondary N) is 1. The van der Waals surface area contributed by atoms with E-state index in [1.165, 1.54) is 12.1 Å². The summed E-state index contributed by atoms with van der Waals surface area (Å²) in [7, 11) is 0. The Labute approximate surface area is 88.1 Å². The maximum absolute atomic E-state index is 13.0. The second-order valence-corrected chi connectivity index (χ2v) is 3.62. The van der Waals surface area contributed by atoms with Crippen LogP contribution >= 0.6 is 22.6 Å². The van der Waals surface area contributed by atoms with Gasteiger partial charge in [-0.15, -0.1) is 0 Å². The summed E-state index contributed by atoms with van der Waals surface area (Å²) in [4.78, 5) is 10.2. The fourth-order valence-corrected chi connectivity index (χ4v) is 1.26. The van der Waals surface area contributed by atoms with Gasteiger partial charge in [-0.2, -0.15) is 0 Å². The summed E-state index contributed by atoms with van der Waals surface area (Å²) in [6.07, 6.45) is 0. The van der Waals surface area contributed by atoms with Gasteiger partial charge >= 0.3 is 5.97 Å². The molecule has 2 N–H and O–H groups in total. The molecular formula is C8H7FINO2. The smallest absolute Gasteiger partial charge is 0.322 e. The third kappa shape index (κ3) is 3.17. The number of hydrogen-bond donors (Lipinski definition) is 2. The molecule has 0 saturated heterocycles. The molecule has 0 amide bonds. The molecule has 0 saturated carbocycles. The number of anilines is 1. The Morgan fingerprint density at radius 1 is 1.62 bits per heavy atom. The third-order valence-electron chi connectivity index (χ3n) is 1.36. The van der Waals surface area contributed by atoms with Crippen LogP contribution < -0.4 is 5.32 Å². The zero-order chi connectivity index (χ0) is 9.84. The van der Waals surface area contributed by atoms with Gasteiger partial charge in [0.05, 0.1) is 5.69 Å². The second-order valence-electron chi connectivity index (χ2n) is 2.37. The first-order valence-electron chi connectivity index (χ1n) is 3.50. The van der Waals surface area contributed by atoms with Crippen LogP contribution in [0.1, 0.15) is 0 Å².